The lowest BCUT2D eigenvalue weighted by Gasteiger charge is -2.04. The van der Waals surface area contributed by atoms with Gasteiger partial charge in [0.05, 0.1) is 0 Å². The highest BCUT2D eigenvalue weighted by Gasteiger charge is 1.94. The van der Waals surface area contributed by atoms with Crippen molar-refractivity contribution in [1.82, 2.24) is 4.68 Å². The van der Waals surface area contributed by atoms with Gasteiger partial charge in [-0.2, -0.15) is 0 Å². The van der Waals surface area contributed by atoms with Gasteiger partial charge in [-0.25, -0.2) is 0 Å². The van der Waals surface area contributed by atoms with E-state index in [0.29, 0.717) is 0 Å². The van der Waals surface area contributed by atoms with Crippen LogP contribution in [0.1, 0.15) is 12.6 Å². The van der Waals surface area contributed by atoms with Gasteiger partial charge in [0.2, 0.25) is 5.91 Å². The van der Waals surface area contributed by atoms with Crippen LogP contribution in [-0.4, -0.2) is 10.6 Å². The Bertz CT molecular complexity index is 240. The topological polar surface area (TPSA) is 34.0 Å². The summed E-state index contributed by atoms with van der Waals surface area (Å²) in [5.74, 6) is -0.0562. The molecule has 1 heterocycles. The van der Waals surface area contributed by atoms with E-state index in [9.17, 15) is 4.79 Å². The normalized spacial score (nSPS) is 9.40. The van der Waals surface area contributed by atoms with E-state index < -0.39 is 0 Å². The van der Waals surface area contributed by atoms with Gasteiger partial charge in [-0.1, -0.05) is 0 Å². The number of nitrogens with zero attached hydrogens (tertiary/aromatic N) is 1. The summed E-state index contributed by atoms with van der Waals surface area (Å²) in [5, 5.41) is 0. The van der Waals surface area contributed by atoms with Crippen LogP contribution in [0.5, 0.6) is 0 Å². The minimum Gasteiger partial charge on any atom is -0.274 e. The molecule has 0 saturated heterocycles. The Morgan fingerprint density at radius 1 is 1.70 bits per heavy atom. The van der Waals surface area contributed by atoms with Crippen LogP contribution in [0, 0.1) is 6.92 Å². The molecular weight excluding hydrogens is 128 g/mol. The number of carbonyl (C=O) groups is 1. The van der Waals surface area contributed by atoms with Crippen molar-refractivity contribution in [3.8, 4) is 0 Å². The van der Waals surface area contributed by atoms with Crippen molar-refractivity contribution in [3.05, 3.63) is 24.0 Å². The highest BCUT2D eigenvalue weighted by atomic mass is 16.2. The fourth-order valence-electron chi connectivity index (χ4n) is 0.761. The molecule has 0 fully saturated rings. The largest absolute Gasteiger partial charge is 0.274 e. The van der Waals surface area contributed by atoms with Gasteiger partial charge in [0.25, 0.3) is 0 Å². The van der Waals surface area contributed by atoms with Gasteiger partial charge in [-0.15, -0.1) is 0 Å². The summed E-state index contributed by atoms with van der Waals surface area (Å²) in [6, 6.07) is 3.81. The number of nitrogens with one attached hydrogen (secondary N) is 1. The maximum atomic E-state index is 10.5. The van der Waals surface area contributed by atoms with E-state index in [1.807, 2.05) is 19.1 Å². The van der Waals surface area contributed by atoms with Crippen LogP contribution in [-0.2, 0) is 4.79 Å². The van der Waals surface area contributed by atoms with Crippen LogP contribution >= 0.6 is 0 Å². The zero-order chi connectivity index (χ0) is 7.56. The van der Waals surface area contributed by atoms with Crippen LogP contribution in [0.4, 0.5) is 0 Å². The smallest absolute Gasteiger partial charge is 0.235 e. The standard InChI is InChI=1S/C7H10N2O/c1-6-4-3-5-9(6)8-7(2)10/h3-5H,1-2H3,(H,8,10). The number of carbonyl (C=O) groups excluding carboxylic acids is 1. The van der Waals surface area contributed by atoms with Crippen molar-refractivity contribution in [2.45, 2.75) is 13.8 Å². The summed E-state index contributed by atoms with van der Waals surface area (Å²) in [5.41, 5.74) is 3.65. The molecule has 0 atom stereocenters. The van der Waals surface area contributed by atoms with E-state index in [-0.39, 0.29) is 5.91 Å². The molecule has 0 unspecified atom stereocenters. The van der Waals surface area contributed by atoms with Crippen molar-refractivity contribution in [1.29, 1.82) is 0 Å². The molecule has 0 aliphatic rings. The average molecular weight is 138 g/mol. The molecule has 1 amide bonds. The first kappa shape index (κ1) is 6.86. The Hall–Kier alpha value is -1.25. The van der Waals surface area contributed by atoms with E-state index in [4.69, 9.17) is 0 Å². The number of rotatable bonds is 1. The minimum atomic E-state index is -0.0562. The van der Waals surface area contributed by atoms with Crippen molar-refractivity contribution in [2.75, 3.05) is 5.43 Å². The molecule has 1 aromatic heterocycles. The summed E-state index contributed by atoms with van der Waals surface area (Å²) in [4.78, 5) is 10.5. The zero-order valence-corrected chi connectivity index (χ0v) is 6.09. The average Bonchev–Trinajstić information content (AvgIpc) is 2.15. The van der Waals surface area contributed by atoms with Crippen molar-refractivity contribution >= 4 is 5.91 Å². The Kier molecular flexibility index (Phi) is 1.76. The molecule has 1 aromatic rings. The zero-order valence-electron chi connectivity index (χ0n) is 6.09. The quantitative estimate of drug-likeness (QED) is 0.614. The Balaban J connectivity index is 2.74. The molecule has 0 spiro atoms. The molecule has 0 radical (unpaired) electrons. The van der Waals surface area contributed by atoms with Crippen LogP contribution in [0.15, 0.2) is 18.3 Å². The number of hydrogen-bond acceptors (Lipinski definition) is 1. The third-order valence-electron chi connectivity index (χ3n) is 1.23. The van der Waals surface area contributed by atoms with E-state index in [2.05, 4.69) is 5.43 Å². The summed E-state index contributed by atoms with van der Waals surface area (Å²) < 4.78 is 1.68. The monoisotopic (exact) mass is 138 g/mol. The van der Waals surface area contributed by atoms with Crippen LogP contribution < -0.4 is 5.43 Å². The first-order chi connectivity index (χ1) is 4.70. The number of aromatic nitrogens is 1. The van der Waals surface area contributed by atoms with E-state index in [1.54, 1.807) is 10.9 Å². The Morgan fingerprint density at radius 3 is 2.80 bits per heavy atom. The van der Waals surface area contributed by atoms with Gasteiger partial charge in [-0.3, -0.25) is 14.9 Å². The first-order valence-corrected chi connectivity index (χ1v) is 3.11. The molecule has 10 heavy (non-hydrogen) atoms. The lowest BCUT2D eigenvalue weighted by atomic mass is 10.5. The number of aryl methyl sites for hydroxylation is 1. The van der Waals surface area contributed by atoms with Gasteiger partial charge in [0.15, 0.2) is 0 Å². The van der Waals surface area contributed by atoms with E-state index in [0.717, 1.165) is 5.69 Å². The van der Waals surface area contributed by atoms with Crippen LogP contribution in [0.3, 0.4) is 0 Å². The van der Waals surface area contributed by atoms with Crippen molar-refractivity contribution < 1.29 is 4.79 Å². The van der Waals surface area contributed by atoms with E-state index in [1.165, 1.54) is 6.92 Å². The van der Waals surface area contributed by atoms with Gasteiger partial charge in [0.1, 0.15) is 0 Å². The summed E-state index contributed by atoms with van der Waals surface area (Å²) >= 11 is 0. The Labute approximate surface area is 59.6 Å². The molecular formula is C7H10N2O. The van der Waals surface area contributed by atoms with Crippen molar-refractivity contribution in [2.24, 2.45) is 0 Å². The van der Waals surface area contributed by atoms with Gasteiger partial charge >= 0.3 is 0 Å². The highest BCUT2D eigenvalue weighted by Crippen LogP contribution is 1.95. The fraction of sp³-hybridized carbons (Fsp3) is 0.286. The molecule has 0 aliphatic heterocycles. The third-order valence-corrected chi connectivity index (χ3v) is 1.23. The predicted octanol–water partition coefficient (Wildman–Crippen LogP) is 0.887. The molecule has 3 heteroatoms. The lowest BCUT2D eigenvalue weighted by Crippen LogP contribution is -2.19. The summed E-state index contributed by atoms with van der Waals surface area (Å²) in [6.45, 7) is 3.41. The lowest BCUT2D eigenvalue weighted by molar-refractivity contribution is -0.115. The van der Waals surface area contributed by atoms with E-state index >= 15 is 0 Å². The maximum Gasteiger partial charge on any atom is 0.235 e. The Morgan fingerprint density at radius 2 is 2.40 bits per heavy atom. The molecule has 54 valence electrons. The maximum absolute atomic E-state index is 10.5. The van der Waals surface area contributed by atoms with Gasteiger partial charge in [0, 0.05) is 18.8 Å². The molecule has 3 nitrogen and oxygen atoms in total. The number of amides is 1. The third kappa shape index (κ3) is 1.37. The summed E-state index contributed by atoms with van der Waals surface area (Å²) in [7, 11) is 0. The second kappa shape index (κ2) is 2.56. The van der Waals surface area contributed by atoms with Gasteiger partial charge in [-0.05, 0) is 19.1 Å². The predicted molar refractivity (Wildman–Crippen MR) is 39.2 cm³/mol. The minimum absolute atomic E-state index is 0.0562. The number of hydrogen-bond donors (Lipinski definition) is 1. The molecule has 1 rings (SSSR count). The SMILES string of the molecule is CC(=O)Nn1cccc1C. The molecule has 1 N–H and O–H groups in total. The molecule has 0 bridgehead atoms. The molecule has 0 saturated carbocycles. The van der Waals surface area contributed by atoms with Gasteiger partial charge < -0.3 is 0 Å². The highest BCUT2D eigenvalue weighted by molar-refractivity contribution is 5.80. The van der Waals surface area contributed by atoms with Crippen LogP contribution in [0.2, 0.25) is 0 Å². The van der Waals surface area contributed by atoms with Crippen LogP contribution in [0.25, 0.3) is 0 Å². The molecule has 0 aliphatic carbocycles. The fourth-order valence-corrected chi connectivity index (χ4v) is 0.761. The molecule has 0 aromatic carbocycles. The van der Waals surface area contributed by atoms with Crippen molar-refractivity contribution in [3.63, 3.8) is 0 Å². The summed E-state index contributed by atoms with van der Waals surface area (Å²) in [6.07, 6.45) is 1.80. The second-order valence-electron chi connectivity index (χ2n) is 2.19. The second-order valence-corrected chi connectivity index (χ2v) is 2.19. The first-order valence-electron chi connectivity index (χ1n) is 3.11.